The summed E-state index contributed by atoms with van der Waals surface area (Å²) in [6.07, 6.45) is 1.07. The van der Waals surface area contributed by atoms with Crippen molar-refractivity contribution in [3.63, 3.8) is 0 Å². The third kappa shape index (κ3) is 1.83. The highest BCUT2D eigenvalue weighted by molar-refractivity contribution is 6.78. The molecule has 0 aromatic rings. The Morgan fingerprint density at radius 3 is 2.27 bits per heavy atom. The van der Waals surface area contributed by atoms with Crippen LogP contribution in [0.1, 0.15) is 6.42 Å². The summed E-state index contributed by atoms with van der Waals surface area (Å²) in [6.45, 7) is 6.92. The maximum atomic E-state index is 11.0. The molecule has 1 aliphatic rings. The van der Waals surface area contributed by atoms with E-state index in [2.05, 4.69) is 24.4 Å². The first-order valence-corrected chi connectivity index (χ1v) is 7.62. The maximum Gasteiger partial charge on any atom is 0.308 e. The number of carbonyl (C=O) groups excluding carboxylic acids is 1. The van der Waals surface area contributed by atoms with Crippen molar-refractivity contribution in [2.75, 3.05) is 7.11 Å². The number of hydrogen-bond acceptors (Lipinski definition) is 2. The molecule has 0 unspecified atom stereocenters. The number of carbonyl (C=O) groups is 1. The molecular formula is C8H16O2Si. The molecule has 0 heterocycles. The summed E-state index contributed by atoms with van der Waals surface area (Å²) in [6, 6.07) is 0. The van der Waals surface area contributed by atoms with Gasteiger partial charge in [-0.15, -0.1) is 0 Å². The second-order valence-electron chi connectivity index (χ2n) is 4.34. The van der Waals surface area contributed by atoms with Crippen molar-refractivity contribution in [3.05, 3.63) is 0 Å². The fraction of sp³-hybridized carbons (Fsp3) is 0.875. The summed E-state index contributed by atoms with van der Waals surface area (Å²) in [4.78, 5) is 11.0. The minimum atomic E-state index is -1.07. The zero-order valence-electron chi connectivity index (χ0n) is 7.68. The topological polar surface area (TPSA) is 26.3 Å². The van der Waals surface area contributed by atoms with E-state index in [1.807, 2.05) is 0 Å². The van der Waals surface area contributed by atoms with Crippen molar-refractivity contribution < 1.29 is 9.53 Å². The molecule has 0 amide bonds. The van der Waals surface area contributed by atoms with E-state index in [4.69, 9.17) is 0 Å². The lowest BCUT2D eigenvalue weighted by Gasteiger charge is -2.14. The van der Waals surface area contributed by atoms with Crippen molar-refractivity contribution in [3.8, 4) is 0 Å². The Morgan fingerprint density at radius 2 is 2.00 bits per heavy atom. The van der Waals surface area contributed by atoms with Crippen LogP contribution in [-0.2, 0) is 9.53 Å². The van der Waals surface area contributed by atoms with Crippen molar-refractivity contribution in [1.82, 2.24) is 0 Å². The number of esters is 1. The van der Waals surface area contributed by atoms with Crippen LogP contribution in [0.2, 0.25) is 25.2 Å². The van der Waals surface area contributed by atoms with Crippen LogP contribution in [0.4, 0.5) is 0 Å². The zero-order chi connectivity index (χ0) is 8.65. The van der Waals surface area contributed by atoms with E-state index < -0.39 is 8.07 Å². The first kappa shape index (κ1) is 8.78. The van der Waals surface area contributed by atoms with Gasteiger partial charge in [0.15, 0.2) is 0 Å². The second-order valence-corrected chi connectivity index (χ2v) is 9.81. The quantitative estimate of drug-likeness (QED) is 0.469. The molecule has 11 heavy (non-hydrogen) atoms. The molecule has 0 N–H and O–H groups in total. The monoisotopic (exact) mass is 172 g/mol. The van der Waals surface area contributed by atoms with Crippen LogP contribution in [0, 0.1) is 5.92 Å². The third-order valence-electron chi connectivity index (χ3n) is 2.41. The molecule has 2 nitrogen and oxygen atoms in total. The predicted octanol–water partition coefficient (Wildman–Crippen LogP) is 1.89. The van der Waals surface area contributed by atoms with Crippen LogP contribution in [0.5, 0.6) is 0 Å². The van der Waals surface area contributed by atoms with Crippen LogP contribution in [0.15, 0.2) is 0 Å². The highest BCUT2D eigenvalue weighted by atomic mass is 28.3. The van der Waals surface area contributed by atoms with Gasteiger partial charge in [-0.05, 0) is 12.0 Å². The van der Waals surface area contributed by atoms with Gasteiger partial charge < -0.3 is 4.74 Å². The Balaban J connectivity index is 2.44. The lowest BCUT2D eigenvalue weighted by Crippen LogP contribution is -2.22. The molecule has 3 heteroatoms. The normalized spacial score (nSPS) is 29.8. The fourth-order valence-electron chi connectivity index (χ4n) is 1.56. The Bertz CT molecular complexity index is 171. The number of ether oxygens (including phenoxy) is 1. The Hall–Kier alpha value is -0.313. The molecule has 0 bridgehead atoms. The summed E-state index contributed by atoms with van der Waals surface area (Å²) < 4.78 is 4.68. The van der Waals surface area contributed by atoms with Crippen LogP contribution in [0.3, 0.4) is 0 Å². The van der Waals surface area contributed by atoms with Gasteiger partial charge in [0.25, 0.3) is 0 Å². The SMILES string of the molecule is COC(=O)[C@@H]1C[C@H]1[Si](C)(C)C. The van der Waals surface area contributed by atoms with Crippen LogP contribution in [0.25, 0.3) is 0 Å². The molecule has 1 rings (SSSR count). The standard InChI is InChI=1S/C8H16O2Si/c1-10-8(9)6-5-7(6)11(2,3)4/h6-7H,5H2,1-4H3/t6-,7-/m1/s1. The largest absolute Gasteiger partial charge is 0.469 e. The summed E-state index contributed by atoms with van der Waals surface area (Å²) >= 11 is 0. The number of hydrogen-bond donors (Lipinski definition) is 0. The van der Waals surface area contributed by atoms with Gasteiger partial charge in [0.1, 0.15) is 0 Å². The molecule has 2 atom stereocenters. The van der Waals surface area contributed by atoms with Crippen LogP contribution in [-0.4, -0.2) is 21.2 Å². The van der Waals surface area contributed by atoms with E-state index in [1.54, 1.807) is 0 Å². The van der Waals surface area contributed by atoms with Gasteiger partial charge in [-0.2, -0.15) is 0 Å². The molecule has 64 valence electrons. The van der Waals surface area contributed by atoms with Gasteiger partial charge >= 0.3 is 5.97 Å². The average Bonchev–Trinajstić information content (AvgIpc) is 2.62. The summed E-state index contributed by atoms with van der Waals surface area (Å²) in [7, 11) is 0.408. The lowest BCUT2D eigenvalue weighted by atomic mass is 10.4. The van der Waals surface area contributed by atoms with Crippen LogP contribution < -0.4 is 0 Å². The Morgan fingerprint density at radius 1 is 1.45 bits per heavy atom. The zero-order valence-corrected chi connectivity index (χ0v) is 8.68. The van der Waals surface area contributed by atoms with Gasteiger partial charge in [0.2, 0.25) is 0 Å². The van der Waals surface area contributed by atoms with Gasteiger partial charge in [-0.3, -0.25) is 4.79 Å². The van der Waals surface area contributed by atoms with Crippen molar-refractivity contribution in [2.45, 2.75) is 31.6 Å². The molecule has 0 aromatic heterocycles. The smallest absolute Gasteiger partial charge is 0.308 e. The molecule has 1 saturated carbocycles. The second kappa shape index (κ2) is 2.63. The minimum absolute atomic E-state index is 0.00238. The van der Waals surface area contributed by atoms with Gasteiger partial charge in [0, 0.05) is 8.07 Å². The molecule has 0 aromatic carbocycles. The van der Waals surface area contributed by atoms with Crippen molar-refractivity contribution in [1.29, 1.82) is 0 Å². The molecule has 0 saturated heterocycles. The van der Waals surface area contributed by atoms with E-state index in [0.717, 1.165) is 6.42 Å². The molecule has 0 aliphatic heterocycles. The molecule has 0 radical (unpaired) electrons. The number of rotatable bonds is 2. The van der Waals surface area contributed by atoms with Crippen LogP contribution >= 0.6 is 0 Å². The predicted molar refractivity (Wildman–Crippen MR) is 47.2 cm³/mol. The summed E-state index contributed by atoms with van der Waals surface area (Å²) in [5, 5.41) is 0. The maximum absolute atomic E-state index is 11.0. The van der Waals surface area contributed by atoms with Gasteiger partial charge in [-0.25, -0.2) is 0 Å². The van der Waals surface area contributed by atoms with E-state index in [9.17, 15) is 4.79 Å². The first-order chi connectivity index (χ1) is 4.96. The molecular weight excluding hydrogens is 156 g/mol. The highest BCUT2D eigenvalue weighted by Gasteiger charge is 2.50. The van der Waals surface area contributed by atoms with E-state index >= 15 is 0 Å². The molecule has 1 fully saturated rings. The van der Waals surface area contributed by atoms with E-state index in [1.165, 1.54) is 7.11 Å². The fourth-order valence-corrected chi connectivity index (χ4v) is 3.87. The minimum Gasteiger partial charge on any atom is -0.469 e. The number of methoxy groups -OCH3 is 1. The van der Waals surface area contributed by atoms with Crippen molar-refractivity contribution in [2.24, 2.45) is 5.92 Å². The van der Waals surface area contributed by atoms with Gasteiger partial charge in [-0.1, -0.05) is 19.6 Å². The summed E-state index contributed by atoms with van der Waals surface area (Å²) in [5.41, 5.74) is 0.676. The summed E-state index contributed by atoms with van der Waals surface area (Å²) in [5.74, 6) is 0.240. The van der Waals surface area contributed by atoms with E-state index in [-0.39, 0.29) is 11.9 Å². The molecule has 1 aliphatic carbocycles. The Kier molecular flexibility index (Phi) is 2.10. The first-order valence-electron chi connectivity index (χ1n) is 4.04. The highest BCUT2D eigenvalue weighted by Crippen LogP contribution is 2.52. The third-order valence-corrected chi connectivity index (χ3v) is 5.27. The average molecular weight is 172 g/mol. The van der Waals surface area contributed by atoms with E-state index in [0.29, 0.717) is 5.54 Å². The molecule has 0 spiro atoms. The Labute approximate surface area is 68.9 Å². The lowest BCUT2D eigenvalue weighted by molar-refractivity contribution is -0.142. The van der Waals surface area contributed by atoms with Crippen molar-refractivity contribution >= 4 is 14.0 Å². The van der Waals surface area contributed by atoms with Gasteiger partial charge in [0.05, 0.1) is 13.0 Å².